The Labute approximate surface area is 175 Å². The van der Waals surface area contributed by atoms with Crippen molar-refractivity contribution in [1.29, 1.82) is 0 Å². The van der Waals surface area contributed by atoms with Crippen LogP contribution in [-0.4, -0.2) is 109 Å². The number of aryl methyl sites for hydroxylation is 1. The van der Waals surface area contributed by atoms with Crippen LogP contribution in [0.3, 0.4) is 0 Å². The zero-order valence-corrected chi connectivity index (χ0v) is 17.5. The molecule has 4 aliphatic heterocycles. The van der Waals surface area contributed by atoms with Crippen LogP contribution in [0.2, 0.25) is 0 Å². The van der Waals surface area contributed by atoms with Gasteiger partial charge >= 0.3 is 12.0 Å². The van der Waals surface area contributed by atoms with Gasteiger partial charge in [-0.15, -0.1) is 0 Å². The van der Waals surface area contributed by atoms with E-state index in [4.69, 9.17) is 9.73 Å². The fraction of sp³-hybridized carbons (Fsp3) is 0.524. The van der Waals surface area contributed by atoms with E-state index in [0.717, 1.165) is 31.3 Å². The molecular formula is C21H27N6O3+. The highest BCUT2D eigenvalue weighted by molar-refractivity contribution is 6.24. The number of benzene rings is 1. The quantitative estimate of drug-likeness (QED) is 0.662. The maximum Gasteiger partial charge on any atom is 0.397 e. The van der Waals surface area contributed by atoms with E-state index in [2.05, 4.69) is 41.0 Å². The van der Waals surface area contributed by atoms with Gasteiger partial charge in [-0.3, -0.25) is 19.5 Å². The van der Waals surface area contributed by atoms with E-state index in [1.807, 2.05) is 4.58 Å². The first kappa shape index (κ1) is 19.2. The van der Waals surface area contributed by atoms with Crippen LogP contribution in [0.4, 0.5) is 10.5 Å². The van der Waals surface area contributed by atoms with E-state index in [-0.39, 0.29) is 11.9 Å². The Kier molecular flexibility index (Phi) is 4.79. The summed E-state index contributed by atoms with van der Waals surface area (Å²) >= 11 is 0. The highest BCUT2D eigenvalue weighted by atomic mass is 16.5. The summed E-state index contributed by atoms with van der Waals surface area (Å²) in [5.41, 5.74) is 2.24. The number of fused-ring (bicyclic) bond motifs is 2. The molecule has 0 saturated carbocycles. The third kappa shape index (κ3) is 3.09. The van der Waals surface area contributed by atoms with Gasteiger partial charge in [-0.05, 0) is 19.1 Å². The molecule has 0 aliphatic carbocycles. The predicted molar refractivity (Wildman–Crippen MR) is 112 cm³/mol. The smallest absolute Gasteiger partial charge is 0.379 e. The third-order valence-electron chi connectivity index (χ3n) is 6.28. The second-order valence-corrected chi connectivity index (χ2v) is 8.14. The molecule has 0 N–H and O–H groups in total. The molecular weight excluding hydrogens is 384 g/mol. The molecule has 1 aromatic rings. The summed E-state index contributed by atoms with van der Waals surface area (Å²) in [6, 6.07) is 7.46. The summed E-state index contributed by atoms with van der Waals surface area (Å²) in [7, 11) is 1.71. The van der Waals surface area contributed by atoms with E-state index < -0.39 is 6.04 Å². The molecule has 2 saturated heterocycles. The molecule has 4 heterocycles. The molecule has 30 heavy (non-hydrogen) atoms. The van der Waals surface area contributed by atoms with Gasteiger partial charge in [-0.1, -0.05) is 22.7 Å². The molecule has 0 aromatic heterocycles. The van der Waals surface area contributed by atoms with Crippen molar-refractivity contribution < 1.29 is 18.9 Å². The molecule has 0 spiro atoms. The molecule has 4 aliphatic rings. The van der Waals surface area contributed by atoms with Crippen molar-refractivity contribution in [3.63, 3.8) is 0 Å². The van der Waals surface area contributed by atoms with Gasteiger partial charge in [-0.25, -0.2) is 14.3 Å². The van der Waals surface area contributed by atoms with Crippen LogP contribution in [0.15, 0.2) is 29.3 Å². The number of urea groups is 1. The number of nitrogens with zero attached hydrogens (tertiary/aromatic N) is 6. The zero-order chi connectivity index (χ0) is 20.8. The van der Waals surface area contributed by atoms with Crippen molar-refractivity contribution in [1.82, 2.24) is 14.7 Å². The van der Waals surface area contributed by atoms with E-state index in [9.17, 15) is 9.59 Å². The number of ether oxygens (including phenoxy) is 1. The van der Waals surface area contributed by atoms with Crippen molar-refractivity contribution in [2.45, 2.75) is 13.0 Å². The number of carbonyl (C=O) groups excluding carboxylic acids is 2. The molecule has 9 heteroatoms. The van der Waals surface area contributed by atoms with Crippen LogP contribution in [0.1, 0.15) is 5.56 Å². The summed E-state index contributed by atoms with van der Waals surface area (Å²) < 4.78 is 7.41. The van der Waals surface area contributed by atoms with Gasteiger partial charge in [-0.2, -0.15) is 0 Å². The Balaban J connectivity index is 1.38. The Morgan fingerprint density at radius 1 is 1.10 bits per heavy atom. The number of hydrogen-bond donors (Lipinski definition) is 0. The van der Waals surface area contributed by atoms with Gasteiger partial charge in [0, 0.05) is 33.2 Å². The lowest BCUT2D eigenvalue weighted by atomic mass is 10.1. The molecule has 1 aromatic carbocycles. The number of likely N-dealkylation sites (N-methyl/N-ethyl adjacent to an activating group) is 1. The average Bonchev–Trinajstić information content (AvgIpc) is 3.33. The fourth-order valence-corrected chi connectivity index (χ4v) is 4.50. The largest absolute Gasteiger partial charge is 0.397 e. The van der Waals surface area contributed by atoms with Crippen molar-refractivity contribution in [3.8, 4) is 0 Å². The number of amidine groups is 1. The molecule has 1 atom stereocenters. The van der Waals surface area contributed by atoms with Gasteiger partial charge in [0.1, 0.15) is 12.2 Å². The molecule has 5 rings (SSSR count). The van der Waals surface area contributed by atoms with E-state index in [1.54, 1.807) is 7.05 Å². The number of imide groups is 1. The molecule has 1 unspecified atom stereocenters. The number of guanidine groups is 1. The first-order chi connectivity index (χ1) is 14.5. The minimum absolute atomic E-state index is 0.175. The highest BCUT2D eigenvalue weighted by Gasteiger charge is 2.55. The lowest BCUT2D eigenvalue weighted by molar-refractivity contribution is -0.525. The SMILES string of the molecule is Cc1ccc(N2CC[N+]3=C2N=C2C3C(=O)N(CCN3CCOCC3)C(=O)N2C)cc1. The standard InChI is InChI=1S/C21H27N6O3/c1-15-3-5-16(6-4-15)25-9-10-26-17-18(22-20(25)26)23(2)21(29)27(19(17)28)8-7-24-11-13-30-14-12-24/h3-6,17H,7-14H2,1-2H3/q+1. The van der Waals surface area contributed by atoms with Crippen LogP contribution in [0, 0.1) is 6.92 Å². The van der Waals surface area contributed by atoms with Crippen molar-refractivity contribution in [3.05, 3.63) is 29.8 Å². The summed E-state index contributed by atoms with van der Waals surface area (Å²) in [5, 5.41) is 0. The van der Waals surface area contributed by atoms with Crippen LogP contribution in [0.5, 0.6) is 0 Å². The summed E-state index contributed by atoms with van der Waals surface area (Å²) in [6.07, 6.45) is 0. The number of hydrogen-bond acceptors (Lipinski definition) is 6. The Bertz CT molecular complexity index is 935. The van der Waals surface area contributed by atoms with E-state index in [1.165, 1.54) is 15.4 Å². The summed E-state index contributed by atoms with van der Waals surface area (Å²) in [5.74, 6) is 1.10. The maximum atomic E-state index is 13.3. The number of morpholine rings is 1. The zero-order valence-electron chi connectivity index (χ0n) is 17.5. The van der Waals surface area contributed by atoms with Crippen LogP contribution >= 0.6 is 0 Å². The van der Waals surface area contributed by atoms with Crippen LogP contribution in [-0.2, 0) is 9.53 Å². The van der Waals surface area contributed by atoms with Gasteiger partial charge in [0.05, 0.1) is 19.8 Å². The third-order valence-corrected chi connectivity index (χ3v) is 6.28. The van der Waals surface area contributed by atoms with Crippen LogP contribution < -0.4 is 4.90 Å². The Morgan fingerprint density at radius 3 is 2.57 bits per heavy atom. The first-order valence-electron chi connectivity index (χ1n) is 10.5. The number of rotatable bonds is 4. The minimum Gasteiger partial charge on any atom is -0.379 e. The van der Waals surface area contributed by atoms with E-state index >= 15 is 0 Å². The maximum absolute atomic E-state index is 13.3. The Hall–Kier alpha value is -2.78. The number of amides is 3. The molecule has 9 nitrogen and oxygen atoms in total. The second-order valence-electron chi connectivity index (χ2n) is 8.14. The summed E-state index contributed by atoms with van der Waals surface area (Å²) in [6.45, 7) is 7.63. The number of carbonyl (C=O) groups is 2. The minimum atomic E-state index is -0.525. The average molecular weight is 411 g/mol. The van der Waals surface area contributed by atoms with Gasteiger partial charge in [0.25, 0.3) is 5.91 Å². The van der Waals surface area contributed by atoms with Crippen molar-refractivity contribution in [2.75, 3.05) is 64.4 Å². The highest BCUT2D eigenvalue weighted by Crippen LogP contribution is 2.27. The van der Waals surface area contributed by atoms with Crippen LogP contribution in [0.25, 0.3) is 0 Å². The molecule has 2 fully saturated rings. The lowest BCUT2D eigenvalue weighted by Crippen LogP contribution is -2.63. The topological polar surface area (TPSA) is 71.7 Å². The second kappa shape index (κ2) is 7.48. The van der Waals surface area contributed by atoms with Gasteiger partial charge < -0.3 is 4.74 Å². The van der Waals surface area contributed by atoms with Crippen molar-refractivity contribution >= 4 is 29.4 Å². The first-order valence-corrected chi connectivity index (χ1v) is 10.5. The number of aliphatic imine (C=N–C) groups is 1. The normalized spacial score (nSPS) is 24.5. The van der Waals surface area contributed by atoms with Gasteiger partial charge in [0.2, 0.25) is 11.9 Å². The number of anilines is 1. The molecule has 0 radical (unpaired) electrons. The van der Waals surface area contributed by atoms with Crippen molar-refractivity contribution in [2.24, 2.45) is 4.99 Å². The van der Waals surface area contributed by atoms with E-state index in [0.29, 0.717) is 38.7 Å². The lowest BCUT2D eigenvalue weighted by Gasteiger charge is -2.35. The molecule has 3 amide bonds. The monoisotopic (exact) mass is 411 g/mol. The summed E-state index contributed by atoms with van der Waals surface area (Å²) in [4.78, 5) is 38.3. The molecule has 158 valence electrons. The molecule has 0 bridgehead atoms. The predicted octanol–water partition coefficient (Wildman–Crippen LogP) is 0.190. The van der Waals surface area contributed by atoms with Gasteiger partial charge in [0.15, 0.2) is 0 Å². The Morgan fingerprint density at radius 2 is 1.83 bits per heavy atom. The fourth-order valence-electron chi connectivity index (χ4n) is 4.50.